The molecule has 244 valence electrons. The average molecular weight is 627 g/mol. The quantitative estimate of drug-likeness (QED) is 0.0840. The Balaban J connectivity index is 1.44. The van der Waals surface area contributed by atoms with Crippen LogP contribution in [0.5, 0.6) is 17.2 Å². The van der Waals surface area contributed by atoms with E-state index in [1.807, 2.05) is 18.2 Å². The van der Waals surface area contributed by atoms with E-state index in [1.165, 1.54) is 0 Å². The van der Waals surface area contributed by atoms with Crippen LogP contribution in [-0.4, -0.2) is 34.9 Å². The van der Waals surface area contributed by atoms with Crippen molar-refractivity contribution in [2.75, 3.05) is 6.61 Å². The summed E-state index contributed by atoms with van der Waals surface area (Å²) in [5.41, 5.74) is 2.19. The highest BCUT2D eigenvalue weighted by atomic mass is 19.4. The Labute approximate surface area is 256 Å². The van der Waals surface area contributed by atoms with E-state index in [4.69, 9.17) is 9.47 Å². The predicted molar refractivity (Wildman–Crippen MR) is 158 cm³/mol. The van der Waals surface area contributed by atoms with Gasteiger partial charge >= 0.3 is 18.1 Å². The third-order valence-corrected chi connectivity index (χ3v) is 8.23. The Hall–Kier alpha value is -3.30. The molecule has 1 aliphatic heterocycles. The van der Waals surface area contributed by atoms with Crippen molar-refractivity contribution in [1.82, 2.24) is 0 Å². The Morgan fingerprint density at radius 2 is 1.55 bits per heavy atom. The highest BCUT2D eigenvalue weighted by Crippen LogP contribution is 2.49. The number of allylic oxidation sites excluding steroid dienone is 1. The third-order valence-electron chi connectivity index (χ3n) is 8.23. The number of unbranched alkanes of at least 4 members (excludes halogenated alkanes) is 6. The van der Waals surface area contributed by atoms with Crippen LogP contribution >= 0.6 is 0 Å². The van der Waals surface area contributed by atoms with E-state index in [2.05, 4.69) is 6.92 Å². The molecule has 0 radical (unpaired) electrons. The van der Waals surface area contributed by atoms with Gasteiger partial charge in [0.1, 0.15) is 23.4 Å². The fourth-order valence-corrected chi connectivity index (χ4v) is 5.77. The van der Waals surface area contributed by atoms with Gasteiger partial charge in [0.25, 0.3) is 0 Å². The largest absolute Gasteiger partial charge is 0.508 e. The molecule has 1 aliphatic rings. The summed E-state index contributed by atoms with van der Waals surface area (Å²) in [6, 6.07) is 12.3. The SMILES string of the molecule is CCOC(=O)C(=CCCCCCCCCC1c2ccc(O)cc2OC(c2ccc(O)cc2)C1C)CCCC(F)(F)C(F)(F)F. The number of esters is 1. The standard InChI is InChI=1S/C34H43F5O5/c1-3-43-32(42)25(13-11-21-33(35,36)34(37,38)39)12-9-7-5-4-6-8-10-14-28-23(2)31(24-15-17-26(40)18-16-24)44-30-22-27(41)19-20-29(28)30/h12,15-20,22-23,28,31,40-41H,3-11,13-14,21H2,1-2H3. The first-order chi connectivity index (χ1) is 20.8. The van der Waals surface area contributed by atoms with Crippen LogP contribution in [0.3, 0.4) is 0 Å². The van der Waals surface area contributed by atoms with Crippen LogP contribution in [0.4, 0.5) is 22.0 Å². The second kappa shape index (κ2) is 16.1. The number of carbonyl (C=O) groups excluding carboxylic acids is 1. The molecule has 0 aromatic heterocycles. The van der Waals surface area contributed by atoms with Gasteiger partial charge in [-0.25, -0.2) is 4.79 Å². The fourth-order valence-electron chi connectivity index (χ4n) is 5.77. The number of ether oxygens (including phenoxy) is 2. The number of alkyl halides is 5. The Morgan fingerprint density at radius 3 is 2.20 bits per heavy atom. The van der Waals surface area contributed by atoms with Crippen molar-refractivity contribution in [2.24, 2.45) is 5.92 Å². The second-order valence-electron chi connectivity index (χ2n) is 11.5. The molecule has 0 saturated heterocycles. The topological polar surface area (TPSA) is 76.0 Å². The molecule has 2 N–H and O–H groups in total. The number of phenols is 2. The summed E-state index contributed by atoms with van der Waals surface area (Å²) in [4.78, 5) is 12.2. The van der Waals surface area contributed by atoms with Crippen LogP contribution in [0.15, 0.2) is 54.1 Å². The summed E-state index contributed by atoms with van der Waals surface area (Å²) < 4.78 is 75.0. The smallest absolute Gasteiger partial charge is 0.453 e. The van der Waals surface area contributed by atoms with Crippen LogP contribution in [0, 0.1) is 5.92 Å². The summed E-state index contributed by atoms with van der Waals surface area (Å²) in [5, 5.41) is 19.7. The van der Waals surface area contributed by atoms with Crippen molar-refractivity contribution in [3.05, 3.63) is 65.2 Å². The van der Waals surface area contributed by atoms with Gasteiger partial charge in [0.2, 0.25) is 0 Å². The molecule has 0 bridgehead atoms. The molecule has 2 aromatic carbocycles. The van der Waals surface area contributed by atoms with Crippen LogP contribution in [0.25, 0.3) is 0 Å². The van der Waals surface area contributed by atoms with Gasteiger partial charge in [0.05, 0.1) is 6.61 Å². The number of fused-ring (bicyclic) bond motifs is 1. The minimum Gasteiger partial charge on any atom is -0.508 e. The number of phenolic OH excluding ortho intramolecular Hbond substituents is 2. The van der Waals surface area contributed by atoms with Crippen molar-refractivity contribution < 1.29 is 46.4 Å². The summed E-state index contributed by atoms with van der Waals surface area (Å²) >= 11 is 0. The minimum atomic E-state index is -5.60. The number of hydrogen-bond donors (Lipinski definition) is 2. The maximum absolute atomic E-state index is 13.2. The monoisotopic (exact) mass is 626 g/mol. The lowest BCUT2D eigenvalue weighted by Crippen LogP contribution is -2.36. The number of hydrogen-bond acceptors (Lipinski definition) is 5. The Bertz CT molecular complexity index is 1230. The number of halogens is 5. The van der Waals surface area contributed by atoms with E-state index < -0.39 is 30.9 Å². The highest BCUT2D eigenvalue weighted by Gasteiger charge is 2.56. The highest BCUT2D eigenvalue weighted by molar-refractivity contribution is 5.88. The molecule has 0 fully saturated rings. The molecule has 0 aliphatic carbocycles. The van der Waals surface area contributed by atoms with Gasteiger partial charge in [0, 0.05) is 24.0 Å². The maximum atomic E-state index is 13.2. The average Bonchev–Trinajstić information content (AvgIpc) is 2.96. The predicted octanol–water partition coefficient (Wildman–Crippen LogP) is 9.93. The molecule has 0 saturated carbocycles. The van der Waals surface area contributed by atoms with E-state index >= 15 is 0 Å². The zero-order chi connectivity index (χ0) is 32.3. The first-order valence-corrected chi connectivity index (χ1v) is 15.4. The van der Waals surface area contributed by atoms with E-state index in [0.717, 1.165) is 56.1 Å². The first kappa shape index (κ1) is 35.2. The van der Waals surface area contributed by atoms with E-state index in [9.17, 15) is 37.0 Å². The zero-order valence-corrected chi connectivity index (χ0v) is 25.3. The molecule has 10 heteroatoms. The van der Waals surface area contributed by atoms with Crippen molar-refractivity contribution in [3.63, 3.8) is 0 Å². The molecular formula is C34H43F5O5. The molecule has 44 heavy (non-hydrogen) atoms. The second-order valence-corrected chi connectivity index (χ2v) is 11.5. The third kappa shape index (κ3) is 9.86. The molecule has 3 unspecified atom stereocenters. The lowest BCUT2D eigenvalue weighted by Gasteiger charge is -2.38. The molecule has 2 aromatic rings. The molecule has 3 atom stereocenters. The van der Waals surface area contributed by atoms with Crippen molar-refractivity contribution in [3.8, 4) is 17.2 Å². The number of carbonyl (C=O) groups is 1. The van der Waals surface area contributed by atoms with Gasteiger partial charge in [-0.05, 0) is 74.3 Å². The molecule has 0 spiro atoms. The number of rotatable bonds is 16. The summed E-state index contributed by atoms with van der Waals surface area (Å²) in [7, 11) is 0. The van der Waals surface area contributed by atoms with Gasteiger partial charge in [-0.1, -0.05) is 63.3 Å². The molecular weight excluding hydrogens is 583 g/mol. The van der Waals surface area contributed by atoms with Crippen molar-refractivity contribution >= 4 is 5.97 Å². The van der Waals surface area contributed by atoms with Gasteiger partial charge in [-0.3, -0.25) is 0 Å². The van der Waals surface area contributed by atoms with Gasteiger partial charge in [0.15, 0.2) is 0 Å². The Kier molecular flexibility index (Phi) is 12.9. The van der Waals surface area contributed by atoms with Crippen LogP contribution in [0.1, 0.15) is 108 Å². The van der Waals surface area contributed by atoms with E-state index in [0.29, 0.717) is 12.2 Å². The molecule has 1 heterocycles. The van der Waals surface area contributed by atoms with Crippen LogP contribution < -0.4 is 4.74 Å². The minimum absolute atomic E-state index is 0.0903. The summed E-state index contributed by atoms with van der Waals surface area (Å²) in [5.74, 6) is -4.03. The number of aromatic hydroxyl groups is 2. The molecule has 3 rings (SSSR count). The van der Waals surface area contributed by atoms with Crippen molar-refractivity contribution in [1.29, 1.82) is 0 Å². The van der Waals surface area contributed by atoms with Crippen LogP contribution in [0.2, 0.25) is 0 Å². The summed E-state index contributed by atoms with van der Waals surface area (Å²) in [6.45, 7) is 3.86. The van der Waals surface area contributed by atoms with Gasteiger partial charge in [-0.2, -0.15) is 22.0 Å². The molecule has 5 nitrogen and oxygen atoms in total. The van der Waals surface area contributed by atoms with Gasteiger partial charge < -0.3 is 19.7 Å². The first-order valence-electron chi connectivity index (χ1n) is 15.4. The van der Waals surface area contributed by atoms with Gasteiger partial charge in [-0.15, -0.1) is 0 Å². The number of benzene rings is 2. The zero-order valence-electron chi connectivity index (χ0n) is 25.3. The Morgan fingerprint density at radius 1 is 0.909 bits per heavy atom. The lowest BCUT2D eigenvalue weighted by molar-refractivity contribution is -0.284. The van der Waals surface area contributed by atoms with E-state index in [1.54, 1.807) is 37.3 Å². The lowest BCUT2D eigenvalue weighted by atomic mass is 9.76. The molecule has 0 amide bonds. The van der Waals surface area contributed by atoms with E-state index in [-0.39, 0.29) is 48.0 Å². The fraction of sp³-hybridized carbons (Fsp3) is 0.559. The van der Waals surface area contributed by atoms with Crippen molar-refractivity contribution in [2.45, 2.75) is 109 Å². The normalized spacial score (nSPS) is 18.9. The summed E-state index contributed by atoms with van der Waals surface area (Å²) in [6.07, 6.45) is 0.941. The van der Waals surface area contributed by atoms with Crippen LogP contribution in [-0.2, 0) is 9.53 Å². The maximum Gasteiger partial charge on any atom is 0.453 e.